The molecule has 1 aliphatic rings. The second-order valence-corrected chi connectivity index (χ2v) is 4.36. The molecule has 0 aliphatic carbocycles. The van der Waals surface area contributed by atoms with E-state index in [9.17, 15) is 4.79 Å². The molecular weight excluding hydrogens is 200 g/mol. The van der Waals surface area contributed by atoms with Crippen LogP contribution in [0.3, 0.4) is 0 Å². The van der Waals surface area contributed by atoms with Crippen molar-refractivity contribution < 1.29 is 4.79 Å². The summed E-state index contributed by atoms with van der Waals surface area (Å²) in [6, 6.07) is 7.63. The van der Waals surface area contributed by atoms with Crippen molar-refractivity contribution in [1.29, 1.82) is 0 Å². The number of amides is 1. The third-order valence-corrected chi connectivity index (χ3v) is 3.13. The summed E-state index contributed by atoms with van der Waals surface area (Å²) in [5.41, 5.74) is 7.08. The van der Waals surface area contributed by atoms with Crippen LogP contribution in [-0.2, 0) is 6.54 Å². The lowest BCUT2D eigenvalue weighted by Crippen LogP contribution is -2.30. The molecule has 0 atom stereocenters. The van der Waals surface area contributed by atoms with E-state index in [4.69, 9.17) is 5.73 Å². The summed E-state index contributed by atoms with van der Waals surface area (Å²) >= 11 is 0. The quantitative estimate of drug-likeness (QED) is 0.840. The van der Waals surface area contributed by atoms with Gasteiger partial charge in [0.15, 0.2) is 0 Å². The SMILES string of the molecule is NC(=O)c1ccccc1CN1CCCCC1. The van der Waals surface area contributed by atoms with Gasteiger partial charge >= 0.3 is 0 Å². The highest BCUT2D eigenvalue weighted by Crippen LogP contribution is 2.15. The highest BCUT2D eigenvalue weighted by molar-refractivity contribution is 5.94. The molecule has 0 radical (unpaired) electrons. The van der Waals surface area contributed by atoms with Gasteiger partial charge < -0.3 is 5.73 Å². The molecule has 2 N–H and O–H groups in total. The Kier molecular flexibility index (Phi) is 3.57. The van der Waals surface area contributed by atoms with Crippen LogP contribution in [0.5, 0.6) is 0 Å². The first-order valence-electron chi connectivity index (χ1n) is 5.87. The number of carbonyl (C=O) groups is 1. The molecular formula is C13H18N2O. The first kappa shape index (κ1) is 11.1. The van der Waals surface area contributed by atoms with Gasteiger partial charge in [0.25, 0.3) is 0 Å². The van der Waals surface area contributed by atoms with E-state index in [2.05, 4.69) is 4.90 Å². The van der Waals surface area contributed by atoms with E-state index in [-0.39, 0.29) is 5.91 Å². The van der Waals surface area contributed by atoms with Gasteiger partial charge in [-0.2, -0.15) is 0 Å². The van der Waals surface area contributed by atoms with Crippen molar-refractivity contribution in [2.75, 3.05) is 13.1 Å². The number of piperidine rings is 1. The van der Waals surface area contributed by atoms with Gasteiger partial charge in [0.05, 0.1) is 0 Å². The molecule has 1 saturated heterocycles. The van der Waals surface area contributed by atoms with E-state index >= 15 is 0 Å². The Bertz CT molecular complexity index is 370. The zero-order chi connectivity index (χ0) is 11.4. The molecule has 16 heavy (non-hydrogen) atoms. The van der Waals surface area contributed by atoms with Crippen molar-refractivity contribution in [2.45, 2.75) is 25.8 Å². The van der Waals surface area contributed by atoms with E-state index in [1.54, 1.807) is 0 Å². The highest BCUT2D eigenvalue weighted by Gasteiger charge is 2.13. The number of likely N-dealkylation sites (tertiary alicyclic amines) is 1. The maximum Gasteiger partial charge on any atom is 0.249 e. The second kappa shape index (κ2) is 5.12. The van der Waals surface area contributed by atoms with Crippen molar-refractivity contribution in [3.05, 3.63) is 35.4 Å². The van der Waals surface area contributed by atoms with Gasteiger partial charge in [0.2, 0.25) is 5.91 Å². The van der Waals surface area contributed by atoms with E-state index in [1.165, 1.54) is 19.3 Å². The van der Waals surface area contributed by atoms with E-state index in [1.807, 2.05) is 24.3 Å². The minimum absolute atomic E-state index is 0.326. The largest absolute Gasteiger partial charge is 0.366 e. The number of rotatable bonds is 3. The van der Waals surface area contributed by atoms with Gasteiger partial charge in [-0.3, -0.25) is 9.69 Å². The van der Waals surface area contributed by atoms with Crippen molar-refractivity contribution in [2.24, 2.45) is 5.73 Å². The van der Waals surface area contributed by atoms with Gasteiger partial charge in [-0.15, -0.1) is 0 Å². The molecule has 0 unspecified atom stereocenters. The predicted octanol–water partition coefficient (Wildman–Crippen LogP) is 1.77. The lowest BCUT2D eigenvalue weighted by molar-refractivity contribution is 0.0998. The molecule has 0 spiro atoms. The third-order valence-electron chi connectivity index (χ3n) is 3.13. The maximum atomic E-state index is 11.3. The van der Waals surface area contributed by atoms with Crippen molar-refractivity contribution >= 4 is 5.91 Å². The molecule has 0 aromatic heterocycles. The molecule has 3 heteroatoms. The van der Waals surface area contributed by atoms with Gasteiger partial charge in [-0.1, -0.05) is 24.6 Å². The number of primary amides is 1. The number of nitrogens with zero attached hydrogens (tertiary/aromatic N) is 1. The van der Waals surface area contributed by atoms with Gasteiger partial charge in [-0.25, -0.2) is 0 Å². The van der Waals surface area contributed by atoms with Gasteiger partial charge in [0.1, 0.15) is 0 Å². The Morgan fingerprint density at radius 3 is 2.56 bits per heavy atom. The summed E-state index contributed by atoms with van der Waals surface area (Å²) in [6.07, 6.45) is 3.85. The van der Waals surface area contributed by atoms with Crippen molar-refractivity contribution in [3.63, 3.8) is 0 Å². The van der Waals surface area contributed by atoms with E-state index < -0.39 is 0 Å². The van der Waals surface area contributed by atoms with Crippen LogP contribution in [0.25, 0.3) is 0 Å². The molecule has 1 aromatic rings. The molecule has 1 aliphatic heterocycles. The van der Waals surface area contributed by atoms with Crippen LogP contribution in [0.15, 0.2) is 24.3 Å². The van der Waals surface area contributed by atoms with E-state index in [0.717, 1.165) is 25.2 Å². The average Bonchev–Trinajstić information content (AvgIpc) is 2.31. The Morgan fingerprint density at radius 2 is 1.88 bits per heavy atom. The Morgan fingerprint density at radius 1 is 1.19 bits per heavy atom. The molecule has 0 saturated carbocycles. The lowest BCUT2D eigenvalue weighted by atomic mass is 10.0. The number of nitrogens with two attached hydrogens (primary N) is 1. The van der Waals surface area contributed by atoms with Crippen LogP contribution < -0.4 is 5.73 Å². The van der Waals surface area contributed by atoms with E-state index in [0.29, 0.717) is 5.56 Å². The fourth-order valence-electron chi connectivity index (χ4n) is 2.26. The maximum absolute atomic E-state index is 11.3. The summed E-state index contributed by atoms with van der Waals surface area (Å²) in [5.74, 6) is -0.326. The summed E-state index contributed by atoms with van der Waals surface area (Å²) in [5, 5.41) is 0. The topological polar surface area (TPSA) is 46.3 Å². The summed E-state index contributed by atoms with van der Waals surface area (Å²) < 4.78 is 0. The minimum atomic E-state index is -0.326. The molecule has 1 fully saturated rings. The van der Waals surface area contributed by atoms with Crippen LogP contribution in [-0.4, -0.2) is 23.9 Å². The Balaban J connectivity index is 2.10. The molecule has 2 rings (SSSR count). The summed E-state index contributed by atoms with van der Waals surface area (Å²) in [7, 11) is 0. The minimum Gasteiger partial charge on any atom is -0.366 e. The fraction of sp³-hybridized carbons (Fsp3) is 0.462. The van der Waals surface area contributed by atoms with Crippen LogP contribution in [0, 0.1) is 0 Å². The number of hydrogen-bond donors (Lipinski definition) is 1. The smallest absolute Gasteiger partial charge is 0.249 e. The molecule has 0 bridgehead atoms. The summed E-state index contributed by atoms with van der Waals surface area (Å²) in [4.78, 5) is 13.7. The average molecular weight is 218 g/mol. The zero-order valence-electron chi connectivity index (χ0n) is 9.48. The number of hydrogen-bond acceptors (Lipinski definition) is 2. The Hall–Kier alpha value is -1.35. The standard InChI is InChI=1S/C13H18N2O/c14-13(16)12-7-3-2-6-11(12)10-15-8-4-1-5-9-15/h2-3,6-7H,1,4-5,8-10H2,(H2,14,16). The molecule has 1 aromatic carbocycles. The molecule has 86 valence electrons. The normalized spacial score (nSPS) is 17.2. The van der Waals surface area contributed by atoms with Crippen LogP contribution in [0.1, 0.15) is 35.2 Å². The second-order valence-electron chi connectivity index (χ2n) is 4.36. The highest BCUT2D eigenvalue weighted by atomic mass is 16.1. The van der Waals surface area contributed by atoms with Crippen molar-refractivity contribution in [3.8, 4) is 0 Å². The summed E-state index contributed by atoms with van der Waals surface area (Å²) in [6.45, 7) is 3.11. The predicted molar refractivity (Wildman–Crippen MR) is 64.1 cm³/mol. The third kappa shape index (κ3) is 2.61. The van der Waals surface area contributed by atoms with Crippen LogP contribution in [0.2, 0.25) is 0 Å². The van der Waals surface area contributed by atoms with Gasteiger partial charge in [-0.05, 0) is 37.6 Å². The van der Waals surface area contributed by atoms with Crippen LogP contribution >= 0.6 is 0 Å². The first-order chi connectivity index (χ1) is 7.77. The lowest BCUT2D eigenvalue weighted by Gasteiger charge is -2.26. The number of benzene rings is 1. The Labute approximate surface area is 96.2 Å². The zero-order valence-corrected chi connectivity index (χ0v) is 9.48. The monoisotopic (exact) mass is 218 g/mol. The van der Waals surface area contributed by atoms with Crippen molar-refractivity contribution in [1.82, 2.24) is 4.90 Å². The van der Waals surface area contributed by atoms with Gasteiger partial charge in [0, 0.05) is 12.1 Å². The number of carbonyl (C=O) groups excluding carboxylic acids is 1. The molecule has 1 heterocycles. The molecule has 3 nitrogen and oxygen atoms in total. The first-order valence-corrected chi connectivity index (χ1v) is 5.87. The van der Waals surface area contributed by atoms with Crippen LogP contribution in [0.4, 0.5) is 0 Å². The molecule has 1 amide bonds. The fourth-order valence-corrected chi connectivity index (χ4v) is 2.26.